The fourth-order valence-electron chi connectivity index (χ4n) is 2.27. The van der Waals surface area contributed by atoms with Crippen LogP contribution in [0.3, 0.4) is 0 Å². The summed E-state index contributed by atoms with van der Waals surface area (Å²) >= 11 is 0. The van der Waals surface area contributed by atoms with Crippen LogP contribution >= 0.6 is 0 Å². The number of rotatable bonds is 6. The lowest BCUT2D eigenvalue weighted by Crippen LogP contribution is -2.52. The van der Waals surface area contributed by atoms with Crippen LogP contribution in [-0.2, 0) is 4.79 Å². The third-order valence-electron chi connectivity index (χ3n) is 4.41. The van der Waals surface area contributed by atoms with Gasteiger partial charge < -0.3 is 10.1 Å². The molecule has 130 valence electrons. The van der Waals surface area contributed by atoms with E-state index in [1.165, 1.54) is 0 Å². The fraction of sp³-hybridized carbons (Fsp3) is 0.333. The number of hydrogen-bond acceptors (Lipinski definition) is 3. The van der Waals surface area contributed by atoms with Crippen molar-refractivity contribution in [1.82, 2.24) is 5.32 Å². The van der Waals surface area contributed by atoms with Crippen molar-refractivity contribution in [3.63, 3.8) is 0 Å². The van der Waals surface area contributed by atoms with Crippen molar-refractivity contribution in [2.24, 2.45) is 5.92 Å². The summed E-state index contributed by atoms with van der Waals surface area (Å²) in [5.41, 5.74) is 1.30. The highest BCUT2D eigenvalue weighted by atomic mass is 16.5. The molecule has 0 saturated heterocycles. The lowest BCUT2D eigenvalue weighted by molar-refractivity contribution is -0.128. The zero-order valence-electron chi connectivity index (χ0n) is 15.1. The van der Waals surface area contributed by atoms with E-state index in [1.807, 2.05) is 68.4 Å². The smallest absolute Gasteiger partial charge is 0.262 e. The zero-order chi connectivity index (χ0) is 18.4. The van der Waals surface area contributed by atoms with Crippen LogP contribution in [0.25, 0.3) is 11.1 Å². The van der Waals surface area contributed by atoms with Gasteiger partial charge in [0.05, 0.1) is 6.07 Å². The maximum atomic E-state index is 12.3. The van der Waals surface area contributed by atoms with Crippen molar-refractivity contribution in [3.05, 3.63) is 54.6 Å². The number of carbonyl (C=O) groups excluding carboxylic acids is 1. The maximum Gasteiger partial charge on any atom is 0.262 e. The molecule has 2 rings (SSSR count). The Morgan fingerprint density at radius 1 is 1.04 bits per heavy atom. The Hall–Kier alpha value is -2.80. The molecule has 0 spiro atoms. The molecular formula is C21H24N2O2. The lowest BCUT2D eigenvalue weighted by Gasteiger charge is -2.28. The number of nitriles is 1. The van der Waals surface area contributed by atoms with Gasteiger partial charge in [0.2, 0.25) is 0 Å². The van der Waals surface area contributed by atoms with E-state index in [4.69, 9.17) is 4.74 Å². The summed E-state index contributed by atoms with van der Waals surface area (Å²) in [5.74, 6) is 0.314. The summed E-state index contributed by atoms with van der Waals surface area (Å²) in [6.07, 6.45) is -0.686. The van der Waals surface area contributed by atoms with Crippen LogP contribution < -0.4 is 10.1 Å². The SMILES string of the molecule is CC(C)[C@@](C)(C#N)NC(=O)[C@@H](C)Oc1ccc(-c2ccccc2)cc1. The summed E-state index contributed by atoms with van der Waals surface area (Å²) in [5, 5.41) is 12.1. The molecular weight excluding hydrogens is 312 g/mol. The second-order valence-electron chi connectivity index (χ2n) is 6.61. The van der Waals surface area contributed by atoms with E-state index in [-0.39, 0.29) is 11.8 Å². The van der Waals surface area contributed by atoms with Crippen LogP contribution in [0.15, 0.2) is 54.6 Å². The Morgan fingerprint density at radius 3 is 2.12 bits per heavy atom. The molecule has 0 heterocycles. The second-order valence-corrected chi connectivity index (χ2v) is 6.61. The minimum Gasteiger partial charge on any atom is -0.481 e. The highest BCUT2D eigenvalue weighted by Crippen LogP contribution is 2.23. The summed E-state index contributed by atoms with van der Waals surface area (Å²) in [6, 6.07) is 19.8. The van der Waals surface area contributed by atoms with Gasteiger partial charge in [0.15, 0.2) is 6.10 Å². The molecule has 0 fully saturated rings. The summed E-state index contributed by atoms with van der Waals surface area (Å²) in [7, 11) is 0. The average molecular weight is 336 g/mol. The predicted molar refractivity (Wildman–Crippen MR) is 99.0 cm³/mol. The molecule has 0 aliphatic carbocycles. The van der Waals surface area contributed by atoms with Crippen LogP contribution in [-0.4, -0.2) is 17.6 Å². The van der Waals surface area contributed by atoms with Crippen LogP contribution in [0, 0.1) is 17.2 Å². The molecule has 4 nitrogen and oxygen atoms in total. The van der Waals surface area contributed by atoms with E-state index < -0.39 is 11.6 Å². The van der Waals surface area contributed by atoms with Gasteiger partial charge in [-0.2, -0.15) is 5.26 Å². The summed E-state index contributed by atoms with van der Waals surface area (Å²) in [4.78, 5) is 12.3. The molecule has 2 aromatic rings. The number of carbonyl (C=O) groups is 1. The summed E-state index contributed by atoms with van der Waals surface area (Å²) < 4.78 is 5.72. The third kappa shape index (κ3) is 4.60. The highest BCUT2D eigenvalue weighted by Gasteiger charge is 2.32. The van der Waals surface area contributed by atoms with Gasteiger partial charge in [-0.1, -0.05) is 56.3 Å². The highest BCUT2D eigenvalue weighted by molar-refractivity contribution is 5.82. The van der Waals surface area contributed by atoms with Crippen LogP contribution in [0.5, 0.6) is 5.75 Å². The van der Waals surface area contributed by atoms with Crippen LogP contribution in [0.2, 0.25) is 0 Å². The van der Waals surface area contributed by atoms with Crippen LogP contribution in [0.1, 0.15) is 27.7 Å². The van der Waals surface area contributed by atoms with E-state index in [0.29, 0.717) is 5.75 Å². The van der Waals surface area contributed by atoms with Gasteiger partial charge in [0.25, 0.3) is 5.91 Å². The standard InChI is InChI=1S/C21H24N2O2/c1-15(2)21(4,14-22)23-20(24)16(3)25-19-12-10-18(11-13-19)17-8-6-5-7-9-17/h5-13,15-16H,1-4H3,(H,23,24)/t16-,21-/m1/s1. The Balaban J connectivity index is 2.02. The first-order chi connectivity index (χ1) is 11.9. The normalized spacial score (nSPS) is 14.2. The number of nitrogens with one attached hydrogen (secondary N) is 1. The molecule has 1 N–H and O–H groups in total. The minimum atomic E-state index is -0.911. The molecule has 0 aliphatic rings. The molecule has 2 atom stereocenters. The van der Waals surface area contributed by atoms with Gasteiger partial charge in [-0.15, -0.1) is 0 Å². The average Bonchev–Trinajstić information content (AvgIpc) is 2.62. The van der Waals surface area contributed by atoms with Crippen molar-refractivity contribution in [2.45, 2.75) is 39.3 Å². The van der Waals surface area contributed by atoms with Gasteiger partial charge in [-0.05, 0) is 43.0 Å². The van der Waals surface area contributed by atoms with E-state index in [0.717, 1.165) is 11.1 Å². The third-order valence-corrected chi connectivity index (χ3v) is 4.41. The molecule has 0 aliphatic heterocycles. The van der Waals surface area contributed by atoms with Crippen molar-refractivity contribution < 1.29 is 9.53 Å². The molecule has 1 amide bonds. The van der Waals surface area contributed by atoms with E-state index in [1.54, 1.807) is 13.8 Å². The molecule has 0 unspecified atom stereocenters. The molecule has 4 heteroatoms. The number of ether oxygens (including phenoxy) is 1. The van der Waals surface area contributed by atoms with Crippen molar-refractivity contribution in [2.75, 3.05) is 0 Å². The predicted octanol–water partition coefficient (Wildman–Crippen LogP) is 4.18. The monoisotopic (exact) mass is 336 g/mol. The molecule has 0 aromatic heterocycles. The van der Waals surface area contributed by atoms with Crippen molar-refractivity contribution in [1.29, 1.82) is 5.26 Å². The fourth-order valence-corrected chi connectivity index (χ4v) is 2.27. The van der Waals surface area contributed by atoms with E-state index >= 15 is 0 Å². The quantitative estimate of drug-likeness (QED) is 0.861. The Bertz CT molecular complexity index is 748. The number of hydrogen-bond donors (Lipinski definition) is 1. The molecule has 0 radical (unpaired) electrons. The first kappa shape index (κ1) is 18.5. The van der Waals surface area contributed by atoms with Crippen LogP contribution in [0.4, 0.5) is 0 Å². The molecule has 0 bridgehead atoms. The zero-order valence-corrected chi connectivity index (χ0v) is 15.1. The van der Waals surface area contributed by atoms with Gasteiger partial charge in [0, 0.05) is 0 Å². The van der Waals surface area contributed by atoms with Gasteiger partial charge in [-0.3, -0.25) is 4.79 Å². The first-order valence-electron chi connectivity index (χ1n) is 8.41. The molecule has 0 saturated carbocycles. The maximum absolute atomic E-state index is 12.3. The Kier molecular flexibility index (Phi) is 5.82. The Morgan fingerprint density at radius 2 is 1.60 bits per heavy atom. The van der Waals surface area contributed by atoms with Crippen molar-refractivity contribution >= 4 is 5.91 Å². The lowest BCUT2D eigenvalue weighted by atomic mass is 9.90. The number of nitrogens with zero attached hydrogens (tertiary/aromatic N) is 1. The largest absolute Gasteiger partial charge is 0.481 e. The molecule has 2 aromatic carbocycles. The van der Waals surface area contributed by atoms with Crippen molar-refractivity contribution in [3.8, 4) is 22.9 Å². The number of amides is 1. The van der Waals surface area contributed by atoms with Gasteiger partial charge >= 0.3 is 0 Å². The minimum absolute atomic E-state index is 0.00111. The second kappa shape index (κ2) is 7.85. The summed E-state index contributed by atoms with van der Waals surface area (Å²) in [6.45, 7) is 7.20. The van der Waals surface area contributed by atoms with Gasteiger partial charge in [0.1, 0.15) is 11.3 Å². The molecule has 25 heavy (non-hydrogen) atoms. The van der Waals surface area contributed by atoms with E-state index in [2.05, 4.69) is 11.4 Å². The first-order valence-corrected chi connectivity index (χ1v) is 8.41. The number of benzene rings is 2. The topological polar surface area (TPSA) is 62.1 Å². The Labute approximate surface area is 149 Å². The van der Waals surface area contributed by atoms with E-state index in [9.17, 15) is 10.1 Å². The van der Waals surface area contributed by atoms with Gasteiger partial charge in [-0.25, -0.2) is 0 Å².